The first kappa shape index (κ1) is 17.4. The van der Waals surface area contributed by atoms with Crippen LogP contribution >= 0.6 is 0 Å². The zero-order chi connectivity index (χ0) is 18.9. The minimum atomic E-state index is 0.433. The molecule has 2 aliphatic rings. The molecule has 1 aliphatic carbocycles. The fourth-order valence-corrected chi connectivity index (χ4v) is 4.03. The topological polar surface area (TPSA) is 90.7 Å². The van der Waals surface area contributed by atoms with Gasteiger partial charge in [0.15, 0.2) is 5.82 Å². The Hall–Kier alpha value is -2.71. The minimum Gasteiger partial charge on any atom is -0.338 e. The van der Waals surface area contributed by atoms with E-state index in [0.29, 0.717) is 12.0 Å². The third kappa shape index (κ3) is 3.41. The van der Waals surface area contributed by atoms with E-state index in [1.807, 2.05) is 12.5 Å². The summed E-state index contributed by atoms with van der Waals surface area (Å²) < 4.78 is 9.80. The Kier molecular flexibility index (Phi) is 4.58. The molecule has 0 aromatic carbocycles. The Labute approximate surface area is 163 Å². The molecule has 9 nitrogen and oxygen atoms in total. The van der Waals surface area contributed by atoms with Crippen LogP contribution in [0.1, 0.15) is 68.5 Å². The van der Waals surface area contributed by atoms with Crippen LogP contribution in [-0.2, 0) is 13.0 Å². The number of anilines is 1. The SMILES string of the molecule is CCCc1nc(N2CCC(c3nnc(Cn4ccnc4)n3C3CC3)CC2)no1. The van der Waals surface area contributed by atoms with E-state index in [0.717, 1.165) is 68.8 Å². The van der Waals surface area contributed by atoms with Gasteiger partial charge in [0.2, 0.25) is 5.89 Å². The molecule has 4 heterocycles. The Balaban J connectivity index is 1.29. The quantitative estimate of drug-likeness (QED) is 0.620. The van der Waals surface area contributed by atoms with Gasteiger partial charge < -0.3 is 18.6 Å². The number of hydrogen-bond acceptors (Lipinski definition) is 7. The van der Waals surface area contributed by atoms with E-state index < -0.39 is 0 Å². The molecule has 3 aromatic rings. The van der Waals surface area contributed by atoms with E-state index in [9.17, 15) is 0 Å². The van der Waals surface area contributed by atoms with Gasteiger partial charge in [-0.3, -0.25) is 0 Å². The maximum Gasteiger partial charge on any atom is 0.266 e. The normalized spacial score (nSPS) is 18.1. The second kappa shape index (κ2) is 7.37. The van der Waals surface area contributed by atoms with Crippen molar-refractivity contribution in [2.24, 2.45) is 0 Å². The molecule has 3 aromatic heterocycles. The van der Waals surface area contributed by atoms with E-state index in [1.54, 1.807) is 6.20 Å². The third-order valence-corrected chi connectivity index (χ3v) is 5.65. The van der Waals surface area contributed by atoms with E-state index in [4.69, 9.17) is 4.52 Å². The summed E-state index contributed by atoms with van der Waals surface area (Å²) in [5.74, 6) is 4.09. The number of aryl methyl sites for hydroxylation is 1. The van der Waals surface area contributed by atoms with Gasteiger partial charge in [0.05, 0.1) is 12.9 Å². The molecule has 0 unspecified atom stereocenters. The van der Waals surface area contributed by atoms with Crippen LogP contribution in [-0.4, -0.2) is 47.5 Å². The van der Waals surface area contributed by atoms with Crippen LogP contribution < -0.4 is 4.90 Å². The average Bonchev–Trinajstić information content (AvgIpc) is 3.12. The van der Waals surface area contributed by atoms with Gasteiger partial charge in [0.1, 0.15) is 5.82 Å². The summed E-state index contributed by atoms with van der Waals surface area (Å²) in [4.78, 5) is 10.9. The smallest absolute Gasteiger partial charge is 0.266 e. The van der Waals surface area contributed by atoms with Crippen molar-refractivity contribution in [2.45, 2.75) is 64.0 Å². The van der Waals surface area contributed by atoms with Gasteiger partial charge in [-0.15, -0.1) is 10.2 Å². The van der Waals surface area contributed by atoms with Crippen molar-refractivity contribution in [3.05, 3.63) is 36.3 Å². The molecule has 1 saturated carbocycles. The van der Waals surface area contributed by atoms with Crippen molar-refractivity contribution >= 4 is 5.95 Å². The van der Waals surface area contributed by atoms with Crippen LogP contribution in [0, 0.1) is 0 Å². The van der Waals surface area contributed by atoms with Gasteiger partial charge in [-0.2, -0.15) is 4.98 Å². The summed E-state index contributed by atoms with van der Waals surface area (Å²) in [6, 6.07) is 0.565. The van der Waals surface area contributed by atoms with Crippen molar-refractivity contribution in [1.82, 2.24) is 34.5 Å². The lowest BCUT2D eigenvalue weighted by molar-refractivity contribution is 0.373. The van der Waals surface area contributed by atoms with Crippen molar-refractivity contribution in [3.8, 4) is 0 Å². The first-order valence-electron chi connectivity index (χ1n) is 10.3. The van der Waals surface area contributed by atoms with E-state index in [1.165, 1.54) is 12.8 Å². The molecular formula is C19H26N8O. The molecule has 148 valence electrons. The van der Waals surface area contributed by atoms with Crippen molar-refractivity contribution in [3.63, 3.8) is 0 Å². The number of nitrogens with zero attached hydrogens (tertiary/aromatic N) is 8. The number of aromatic nitrogens is 7. The highest BCUT2D eigenvalue weighted by atomic mass is 16.5. The predicted octanol–water partition coefficient (Wildman–Crippen LogP) is 2.58. The van der Waals surface area contributed by atoms with Crippen LogP contribution in [0.25, 0.3) is 0 Å². The highest BCUT2D eigenvalue weighted by molar-refractivity contribution is 5.29. The lowest BCUT2D eigenvalue weighted by Gasteiger charge is -2.30. The van der Waals surface area contributed by atoms with Crippen LogP contribution in [0.3, 0.4) is 0 Å². The zero-order valence-electron chi connectivity index (χ0n) is 16.2. The first-order valence-corrected chi connectivity index (χ1v) is 10.3. The Morgan fingerprint density at radius 3 is 2.71 bits per heavy atom. The summed E-state index contributed by atoms with van der Waals surface area (Å²) in [5.41, 5.74) is 0. The van der Waals surface area contributed by atoms with Crippen LogP contribution in [0.15, 0.2) is 23.2 Å². The monoisotopic (exact) mass is 382 g/mol. The van der Waals surface area contributed by atoms with Crippen LogP contribution in [0.2, 0.25) is 0 Å². The van der Waals surface area contributed by atoms with E-state index in [-0.39, 0.29) is 0 Å². The summed E-state index contributed by atoms with van der Waals surface area (Å²) in [6.45, 7) is 4.69. The second-order valence-corrected chi connectivity index (χ2v) is 7.81. The molecule has 0 bridgehead atoms. The number of piperidine rings is 1. The zero-order valence-corrected chi connectivity index (χ0v) is 16.2. The van der Waals surface area contributed by atoms with Crippen molar-refractivity contribution in [2.75, 3.05) is 18.0 Å². The summed E-state index contributed by atoms with van der Waals surface area (Å²) in [7, 11) is 0. The Morgan fingerprint density at radius 1 is 1.14 bits per heavy atom. The highest BCUT2D eigenvalue weighted by Gasteiger charge is 2.34. The van der Waals surface area contributed by atoms with E-state index in [2.05, 4.69) is 46.3 Å². The van der Waals surface area contributed by atoms with Crippen molar-refractivity contribution in [1.29, 1.82) is 0 Å². The minimum absolute atomic E-state index is 0.433. The summed E-state index contributed by atoms with van der Waals surface area (Å²) in [5, 5.41) is 13.3. The standard InChI is InChI=1S/C19H26N8O/c1-2-3-17-21-19(24-28-17)26-9-6-14(7-10-26)18-23-22-16(27(18)15-4-5-15)12-25-11-8-20-13-25/h8,11,13-15H,2-7,9-10,12H2,1H3. The van der Waals surface area contributed by atoms with Gasteiger partial charge in [-0.25, -0.2) is 4.98 Å². The molecule has 1 aliphatic heterocycles. The fraction of sp³-hybridized carbons (Fsp3) is 0.632. The van der Waals surface area contributed by atoms with Crippen LogP contribution in [0.4, 0.5) is 5.95 Å². The molecule has 0 N–H and O–H groups in total. The molecule has 9 heteroatoms. The van der Waals surface area contributed by atoms with Gasteiger partial charge in [-0.05, 0) is 37.3 Å². The Bertz CT molecular complexity index is 902. The predicted molar refractivity (Wildman–Crippen MR) is 102 cm³/mol. The van der Waals surface area contributed by atoms with Gasteiger partial charge in [-0.1, -0.05) is 6.92 Å². The van der Waals surface area contributed by atoms with Gasteiger partial charge >= 0.3 is 0 Å². The number of hydrogen-bond donors (Lipinski definition) is 0. The van der Waals surface area contributed by atoms with E-state index >= 15 is 0 Å². The molecule has 2 fully saturated rings. The molecule has 0 radical (unpaired) electrons. The molecule has 0 spiro atoms. The number of rotatable bonds is 7. The third-order valence-electron chi connectivity index (χ3n) is 5.65. The molecule has 1 saturated heterocycles. The fourth-order valence-electron chi connectivity index (χ4n) is 4.03. The molecular weight excluding hydrogens is 356 g/mol. The first-order chi connectivity index (χ1) is 13.8. The summed E-state index contributed by atoms with van der Waals surface area (Å²) >= 11 is 0. The highest BCUT2D eigenvalue weighted by Crippen LogP contribution is 2.40. The molecule has 0 atom stereocenters. The lowest BCUT2D eigenvalue weighted by atomic mass is 9.96. The van der Waals surface area contributed by atoms with Crippen LogP contribution in [0.5, 0.6) is 0 Å². The molecule has 0 amide bonds. The largest absolute Gasteiger partial charge is 0.338 e. The lowest BCUT2D eigenvalue weighted by Crippen LogP contribution is -2.34. The molecule has 28 heavy (non-hydrogen) atoms. The summed E-state index contributed by atoms with van der Waals surface area (Å²) in [6.07, 6.45) is 12.0. The number of imidazole rings is 1. The molecule has 5 rings (SSSR count). The van der Waals surface area contributed by atoms with Gasteiger partial charge in [0, 0.05) is 43.9 Å². The van der Waals surface area contributed by atoms with Gasteiger partial charge in [0.25, 0.3) is 5.95 Å². The van der Waals surface area contributed by atoms with Crippen molar-refractivity contribution < 1.29 is 4.52 Å². The second-order valence-electron chi connectivity index (χ2n) is 7.81. The average molecular weight is 382 g/mol. The maximum atomic E-state index is 5.35. The Morgan fingerprint density at radius 2 is 2.00 bits per heavy atom. The maximum absolute atomic E-state index is 5.35.